The van der Waals surface area contributed by atoms with Crippen LogP contribution in [0.25, 0.3) is 0 Å². The first kappa shape index (κ1) is 20.1. The molecule has 1 unspecified atom stereocenters. The molecular weight excluding hydrogens is 378 g/mol. The monoisotopic (exact) mass is 405 g/mol. The number of anilines is 1. The predicted octanol–water partition coefficient (Wildman–Crippen LogP) is 3.39. The Balaban J connectivity index is 1.46. The van der Waals surface area contributed by atoms with E-state index in [-0.39, 0.29) is 6.04 Å². The molecule has 0 saturated heterocycles. The van der Waals surface area contributed by atoms with Crippen molar-refractivity contribution in [1.29, 1.82) is 0 Å². The highest BCUT2D eigenvalue weighted by atomic mass is 16.5. The molecule has 1 atom stereocenters. The first-order valence-corrected chi connectivity index (χ1v) is 10.5. The van der Waals surface area contributed by atoms with Crippen molar-refractivity contribution in [2.24, 2.45) is 0 Å². The zero-order valence-corrected chi connectivity index (χ0v) is 17.3. The van der Waals surface area contributed by atoms with E-state index < -0.39 is 0 Å². The summed E-state index contributed by atoms with van der Waals surface area (Å²) in [6.45, 7) is 1.00. The van der Waals surface area contributed by atoms with E-state index in [1.165, 1.54) is 12.0 Å². The second-order valence-electron chi connectivity index (χ2n) is 7.51. The molecule has 3 aromatic heterocycles. The number of hydrogen-bond acceptors (Lipinski definition) is 6. The van der Waals surface area contributed by atoms with Gasteiger partial charge < -0.3 is 14.8 Å². The van der Waals surface area contributed by atoms with Gasteiger partial charge >= 0.3 is 0 Å². The van der Waals surface area contributed by atoms with Gasteiger partial charge in [-0.05, 0) is 61.4 Å². The normalized spacial score (nSPS) is 13.9. The molecule has 0 amide bonds. The summed E-state index contributed by atoms with van der Waals surface area (Å²) in [6, 6.07) is 9.97. The lowest BCUT2D eigenvalue weighted by Crippen LogP contribution is -2.16. The molecule has 3 aromatic rings. The number of nitrogens with one attached hydrogen (secondary N) is 1. The maximum Gasteiger partial charge on any atom is 0.213 e. The van der Waals surface area contributed by atoms with Crippen LogP contribution in [0, 0.1) is 0 Å². The number of aromatic nitrogens is 4. The summed E-state index contributed by atoms with van der Waals surface area (Å²) in [5, 5.41) is 7.92. The summed E-state index contributed by atoms with van der Waals surface area (Å²) in [4.78, 5) is 20.3. The molecule has 1 aliphatic heterocycles. The fraction of sp³-hybridized carbons (Fsp3) is 0.391. The number of carbonyl (C=O) groups excluding carboxylic acids is 1. The van der Waals surface area contributed by atoms with Crippen LogP contribution in [0.3, 0.4) is 0 Å². The van der Waals surface area contributed by atoms with Crippen LogP contribution in [0.5, 0.6) is 5.88 Å². The third kappa shape index (κ3) is 4.50. The lowest BCUT2D eigenvalue weighted by Gasteiger charge is -2.19. The van der Waals surface area contributed by atoms with E-state index >= 15 is 0 Å². The number of nitrogens with zero attached hydrogens (tertiary/aromatic N) is 4. The van der Waals surface area contributed by atoms with E-state index in [1.807, 2.05) is 22.9 Å². The SMILES string of the molecule is COc1cc(C(CC=O)n2nccc2CCCc2ccc3c(n2)NCCC3)ccn1. The fourth-order valence-corrected chi connectivity index (χ4v) is 3.99. The van der Waals surface area contributed by atoms with Crippen LogP contribution in [-0.2, 0) is 24.1 Å². The molecule has 1 N–H and O–H groups in total. The summed E-state index contributed by atoms with van der Waals surface area (Å²) >= 11 is 0. The minimum atomic E-state index is -0.171. The molecule has 4 rings (SSSR count). The Morgan fingerprint density at radius 2 is 2.17 bits per heavy atom. The van der Waals surface area contributed by atoms with Crippen molar-refractivity contribution >= 4 is 12.1 Å². The van der Waals surface area contributed by atoms with E-state index in [4.69, 9.17) is 9.72 Å². The average Bonchev–Trinajstić information content (AvgIpc) is 3.25. The first-order chi connectivity index (χ1) is 14.8. The van der Waals surface area contributed by atoms with E-state index in [9.17, 15) is 4.79 Å². The van der Waals surface area contributed by atoms with Crippen LogP contribution >= 0.6 is 0 Å². The molecule has 1 aliphatic rings. The van der Waals surface area contributed by atoms with Gasteiger partial charge in [-0.2, -0.15) is 5.10 Å². The van der Waals surface area contributed by atoms with Crippen LogP contribution in [0.1, 0.15) is 47.8 Å². The van der Waals surface area contributed by atoms with E-state index in [0.29, 0.717) is 12.3 Å². The Morgan fingerprint density at radius 1 is 1.23 bits per heavy atom. The highest BCUT2D eigenvalue weighted by molar-refractivity contribution is 5.52. The number of aryl methyl sites for hydroxylation is 3. The van der Waals surface area contributed by atoms with E-state index in [1.54, 1.807) is 19.5 Å². The quantitative estimate of drug-likeness (QED) is 0.550. The summed E-state index contributed by atoms with van der Waals surface area (Å²) in [5.74, 6) is 1.57. The van der Waals surface area contributed by atoms with Crippen LogP contribution in [0.2, 0.25) is 0 Å². The Labute approximate surface area is 176 Å². The van der Waals surface area contributed by atoms with Crippen molar-refractivity contribution in [2.45, 2.75) is 44.6 Å². The summed E-state index contributed by atoms with van der Waals surface area (Å²) < 4.78 is 7.19. The molecule has 0 aliphatic carbocycles. The number of ether oxygens (including phenoxy) is 1. The van der Waals surface area contributed by atoms with Crippen molar-refractivity contribution < 1.29 is 9.53 Å². The number of methoxy groups -OCH3 is 1. The lowest BCUT2D eigenvalue weighted by atomic mass is 10.0. The highest BCUT2D eigenvalue weighted by Gasteiger charge is 2.18. The molecule has 4 heterocycles. The maximum absolute atomic E-state index is 11.4. The number of fused-ring (bicyclic) bond motifs is 1. The third-order valence-electron chi connectivity index (χ3n) is 5.54. The van der Waals surface area contributed by atoms with Crippen molar-refractivity contribution in [1.82, 2.24) is 19.7 Å². The van der Waals surface area contributed by atoms with Crippen molar-refractivity contribution in [3.8, 4) is 5.88 Å². The largest absolute Gasteiger partial charge is 0.481 e. The van der Waals surface area contributed by atoms with Gasteiger partial charge in [0, 0.05) is 42.8 Å². The molecule has 0 bridgehead atoms. The zero-order chi connectivity index (χ0) is 20.8. The van der Waals surface area contributed by atoms with Gasteiger partial charge in [0.15, 0.2) is 0 Å². The van der Waals surface area contributed by atoms with Crippen molar-refractivity contribution in [3.63, 3.8) is 0 Å². The Hall–Kier alpha value is -3.22. The maximum atomic E-state index is 11.4. The summed E-state index contributed by atoms with van der Waals surface area (Å²) in [5.41, 5.74) is 4.49. The van der Waals surface area contributed by atoms with E-state index in [0.717, 1.165) is 61.3 Å². The second kappa shape index (κ2) is 9.52. The lowest BCUT2D eigenvalue weighted by molar-refractivity contribution is -0.108. The van der Waals surface area contributed by atoms with Crippen molar-refractivity contribution in [3.05, 3.63) is 65.2 Å². The molecule has 7 nitrogen and oxygen atoms in total. The Morgan fingerprint density at radius 3 is 3.03 bits per heavy atom. The first-order valence-electron chi connectivity index (χ1n) is 10.5. The zero-order valence-electron chi connectivity index (χ0n) is 17.3. The molecular formula is C23H27N5O2. The van der Waals surface area contributed by atoms with Gasteiger partial charge in [-0.25, -0.2) is 9.97 Å². The van der Waals surface area contributed by atoms with Gasteiger partial charge in [0.25, 0.3) is 0 Å². The van der Waals surface area contributed by atoms with Crippen LogP contribution in [-0.4, -0.2) is 39.7 Å². The molecule has 0 radical (unpaired) electrons. The van der Waals surface area contributed by atoms with Crippen molar-refractivity contribution in [2.75, 3.05) is 19.0 Å². The van der Waals surface area contributed by atoms with Gasteiger partial charge in [-0.1, -0.05) is 6.07 Å². The molecule has 156 valence electrons. The molecule has 0 fully saturated rings. The Kier molecular flexibility index (Phi) is 6.37. The molecule has 30 heavy (non-hydrogen) atoms. The average molecular weight is 406 g/mol. The van der Waals surface area contributed by atoms with Crippen LogP contribution in [0.4, 0.5) is 5.82 Å². The predicted molar refractivity (Wildman–Crippen MR) is 115 cm³/mol. The highest BCUT2D eigenvalue weighted by Crippen LogP contribution is 2.25. The molecule has 7 heteroatoms. The topological polar surface area (TPSA) is 81.9 Å². The molecule has 0 saturated carbocycles. The van der Waals surface area contributed by atoms with E-state index in [2.05, 4.69) is 27.5 Å². The van der Waals surface area contributed by atoms with Gasteiger partial charge in [-0.3, -0.25) is 4.68 Å². The summed E-state index contributed by atoms with van der Waals surface area (Å²) in [7, 11) is 1.59. The second-order valence-corrected chi connectivity index (χ2v) is 7.51. The number of hydrogen-bond donors (Lipinski definition) is 1. The number of carbonyl (C=O) groups is 1. The fourth-order valence-electron chi connectivity index (χ4n) is 3.99. The minimum Gasteiger partial charge on any atom is -0.481 e. The Bertz CT molecular complexity index is 1000. The standard InChI is InChI=1S/C23H27N5O2/c1-30-22-16-18(9-13-24-22)21(11-15-29)28-20(10-14-26-28)6-2-5-19-8-7-17-4-3-12-25-23(17)27-19/h7-10,13-16,21H,2-6,11-12H2,1H3,(H,25,27). The summed E-state index contributed by atoms with van der Waals surface area (Å²) in [6.07, 6.45) is 9.79. The van der Waals surface area contributed by atoms with Gasteiger partial charge in [-0.15, -0.1) is 0 Å². The smallest absolute Gasteiger partial charge is 0.213 e. The van der Waals surface area contributed by atoms with Gasteiger partial charge in [0.2, 0.25) is 5.88 Å². The van der Waals surface area contributed by atoms with Gasteiger partial charge in [0.05, 0.1) is 13.2 Å². The number of pyridine rings is 2. The molecule has 0 aromatic carbocycles. The van der Waals surface area contributed by atoms with Gasteiger partial charge in [0.1, 0.15) is 12.1 Å². The van der Waals surface area contributed by atoms with Crippen LogP contribution in [0.15, 0.2) is 42.7 Å². The number of aldehydes is 1. The van der Waals surface area contributed by atoms with Crippen LogP contribution < -0.4 is 10.1 Å². The third-order valence-corrected chi connectivity index (χ3v) is 5.54. The molecule has 0 spiro atoms. The number of rotatable bonds is 9. The minimum absolute atomic E-state index is 0.171.